The van der Waals surface area contributed by atoms with Crippen LogP contribution in [-0.4, -0.2) is 23.2 Å². The van der Waals surface area contributed by atoms with Crippen LogP contribution in [0.5, 0.6) is 0 Å². The number of rotatable bonds is 3. The summed E-state index contributed by atoms with van der Waals surface area (Å²) in [5.74, 6) is 1.67. The number of nitrogens with one attached hydrogen (secondary N) is 1. The molecular weight excluding hydrogens is 190 g/mol. The molecule has 0 saturated heterocycles. The molecule has 15 heavy (non-hydrogen) atoms. The molecule has 0 heterocycles. The van der Waals surface area contributed by atoms with E-state index in [2.05, 4.69) is 25.1 Å². The summed E-state index contributed by atoms with van der Waals surface area (Å²) >= 11 is 0. The van der Waals surface area contributed by atoms with Gasteiger partial charge in [-0.05, 0) is 31.1 Å². The van der Waals surface area contributed by atoms with Crippen molar-refractivity contribution in [2.75, 3.05) is 6.54 Å². The summed E-state index contributed by atoms with van der Waals surface area (Å²) in [5, 5.41) is 12.2. The van der Waals surface area contributed by atoms with Crippen LogP contribution in [-0.2, 0) is 4.79 Å². The Morgan fingerprint density at radius 3 is 2.33 bits per heavy atom. The highest BCUT2D eigenvalue weighted by molar-refractivity contribution is 5.79. The van der Waals surface area contributed by atoms with E-state index in [4.69, 9.17) is 6.42 Å². The summed E-state index contributed by atoms with van der Waals surface area (Å²) in [7, 11) is 0. The van der Waals surface area contributed by atoms with E-state index >= 15 is 0 Å². The molecule has 1 saturated carbocycles. The first-order valence-corrected chi connectivity index (χ1v) is 5.34. The number of carboxylic acid groups (broad SMARTS) is 1. The molecule has 1 rings (SSSR count). The Bertz CT molecular complexity index is 278. The number of hydrogen-bond donors (Lipinski definition) is 2. The Labute approximate surface area is 91.3 Å². The highest BCUT2D eigenvalue weighted by Gasteiger charge is 2.43. The van der Waals surface area contributed by atoms with Crippen LogP contribution in [0.3, 0.4) is 0 Å². The van der Waals surface area contributed by atoms with Gasteiger partial charge in [0.25, 0.3) is 0 Å². The van der Waals surface area contributed by atoms with Gasteiger partial charge in [-0.2, -0.15) is 0 Å². The molecule has 0 bridgehead atoms. The highest BCUT2D eigenvalue weighted by Crippen LogP contribution is 2.40. The summed E-state index contributed by atoms with van der Waals surface area (Å²) < 4.78 is 0. The van der Waals surface area contributed by atoms with Crippen LogP contribution < -0.4 is 5.32 Å². The van der Waals surface area contributed by atoms with Gasteiger partial charge in [0.05, 0.1) is 6.54 Å². The van der Waals surface area contributed by atoms with Crippen molar-refractivity contribution in [2.45, 2.75) is 45.1 Å². The second-order valence-corrected chi connectivity index (χ2v) is 5.11. The van der Waals surface area contributed by atoms with E-state index < -0.39 is 11.5 Å². The summed E-state index contributed by atoms with van der Waals surface area (Å²) in [6.07, 6.45) is 8.33. The molecule has 0 aliphatic heterocycles. The van der Waals surface area contributed by atoms with Crippen molar-refractivity contribution in [3.8, 4) is 12.3 Å². The molecule has 0 radical (unpaired) electrons. The van der Waals surface area contributed by atoms with E-state index in [1.807, 2.05) is 0 Å². The first kappa shape index (κ1) is 12.1. The van der Waals surface area contributed by atoms with Crippen molar-refractivity contribution in [2.24, 2.45) is 5.41 Å². The van der Waals surface area contributed by atoms with E-state index in [9.17, 15) is 9.90 Å². The van der Waals surface area contributed by atoms with Gasteiger partial charge >= 0.3 is 5.97 Å². The molecular formula is C12H19NO2. The van der Waals surface area contributed by atoms with Crippen LogP contribution in [0.2, 0.25) is 0 Å². The van der Waals surface area contributed by atoms with Gasteiger partial charge in [0, 0.05) is 0 Å². The zero-order chi connectivity index (χ0) is 11.5. The normalized spacial score (nSPS) is 23.0. The first-order chi connectivity index (χ1) is 6.92. The fraction of sp³-hybridized carbons (Fsp3) is 0.750. The van der Waals surface area contributed by atoms with E-state index in [0.717, 1.165) is 12.8 Å². The zero-order valence-corrected chi connectivity index (χ0v) is 9.47. The minimum Gasteiger partial charge on any atom is -0.480 e. The number of carboxylic acids is 1. The van der Waals surface area contributed by atoms with Crippen LogP contribution >= 0.6 is 0 Å². The van der Waals surface area contributed by atoms with Gasteiger partial charge in [0.15, 0.2) is 0 Å². The molecule has 1 aliphatic rings. The smallest absolute Gasteiger partial charge is 0.323 e. The molecule has 1 fully saturated rings. The Balaban J connectivity index is 2.70. The Morgan fingerprint density at radius 2 is 1.93 bits per heavy atom. The molecule has 0 spiro atoms. The second kappa shape index (κ2) is 4.24. The number of aliphatic carboxylic acids is 1. The summed E-state index contributed by atoms with van der Waals surface area (Å²) in [4.78, 5) is 11.3. The lowest BCUT2D eigenvalue weighted by atomic mass is 9.69. The third kappa shape index (κ3) is 2.73. The van der Waals surface area contributed by atoms with E-state index in [0.29, 0.717) is 19.4 Å². The fourth-order valence-electron chi connectivity index (χ4n) is 2.04. The third-order valence-corrected chi connectivity index (χ3v) is 3.40. The summed E-state index contributed by atoms with van der Waals surface area (Å²) in [6, 6.07) is 0. The molecule has 0 aromatic heterocycles. The van der Waals surface area contributed by atoms with Crippen molar-refractivity contribution in [1.82, 2.24) is 5.32 Å². The summed E-state index contributed by atoms with van der Waals surface area (Å²) in [6.45, 7) is 4.69. The van der Waals surface area contributed by atoms with Gasteiger partial charge in [0.2, 0.25) is 0 Å². The van der Waals surface area contributed by atoms with Crippen LogP contribution in [0.15, 0.2) is 0 Å². The van der Waals surface area contributed by atoms with Crippen LogP contribution in [0.4, 0.5) is 0 Å². The lowest BCUT2D eigenvalue weighted by Gasteiger charge is -2.41. The van der Waals surface area contributed by atoms with E-state index in [-0.39, 0.29) is 5.41 Å². The van der Waals surface area contributed by atoms with Gasteiger partial charge in [-0.25, -0.2) is 0 Å². The minimum absolute atomic E-state index is 0.261. The maximum atomic E-state index is 11.3. The van der Waals surface area contributed by atoms with Gasteiger partial charge in [-0.15, -0.1) is 6.42 Å². The SMILES string of the molecule is C#CCNC1(C(=O)O)CCC(C)(C)CC1. The van der Waals surface area contributed by atoms with Gasteiger partial charge < -0.3 is 5.11 Å². The third-order valence-electron chi connectivity index (χ3n) is 3.40. The number of carbonyl (C=O) groups is 1. The molecule has 0 aromatic carbocycles. The standard InChI is InChI=1S/C12H19NO2/c1-4-9-13-12(10(14)15)7-5-11(2,3)6-8-12/h1,13H,5-9H2,2-3H3,(H,14,15). The van der Waals surface area contributed by atoms with Crippen molar-refractivity contribution < 1.29 is 9.90 Å². The van der Waals surface area contributed by atoms with Gasteiger partial charge in [-0.1, -0.05) is 19.8 Å². The van der Waals surface area contributed by atoms with Crippen LogP contribution in [0, 0.1) is 17.8 Å². The molecule has 0 unspecified atom stereocenters. The van der Waals surface area contributed by atoms with E-state index in [1.165, 1.54) is 0 Å². The minimum atomic E-state index is -0.790. The topological polar surface area (TPSA) is 49.3 Å². The van der Waals surface area contributed by atoms with Crippen molar-refractivity contribution in [3.05, 3.63) is 0 Å². The maximum Gasteiger partial charge on any atom is 0.323 e. The van der Waals surface area contributed by atoms with E-state index in [1.54, 1.807) is 0 Å². The van der Waals surface area contributed by atoms with Crippen LogP contribution in [0.1, 0.15) is 39.5 Å². The molecule has 1 aliphatic carbocycles. The molecule has 0 atom stereocenters. The zero-order valence-electron chi connectivity index (χ0n) is 9.47. The molecule has 2 N–H and O–H groups in total. The summed E-state index contributed by atoms with van der Waals surface area (Å²) in [5.41, 5.74) is -0.529. The number of terminal acetylenes is 1. The maximum absolute atomic E-state index is 11.3. The quantitative estimate of drug-likeness (QED) is 0.695. The van der Waals surface area contributed by atoms with Gasteiger partial charge in [0.1, 0.15) is 5.54 Å². The fourth-order valence-corrected chi connectivity index (χ4v) is 2.04. The molecule has 0 aromatic rings. The first-order valence-electron chi connectivity index (χ1n) is 5.34. The predicted octanol–water partition coefficient (Wildman–Crippen LogP) is 1.63. The molecule has 3 nitrogen and oxygen atoms in total. The Kier molecular flexibility index (Phi) is 3.41. The predicted molar refractivity (Wildman–Crippen MR) is 59.5 cm³/mol. The lowest BCUT2D eigenvalue weighted by Crippen LogP contribution is -2.55. The van der Waals surface area contributed by atoms with Crippen molar-refractivity contribution in [1.29, 1.82) is 0 Å². The monoisotopic (exact) mass is 209 g/mol. The molecule has 3 heteroatoms. The average molecular weight is 209 g/mol. The van der Waals surface area contributed by atoms with Crippen LogP contribution in [0.25, 0.3) is 0 Å². The second-order valence-electron chi connectivity index (χ2n) is 5.11. The van der Waals surface area contributed by atoms with Gasteiger partial charge in [-0.3, -0.25) is 10.1 Å². The van der Waals surface area contributed by atoms with Crippen molar-refractivity contribution in [3.63, 3.8) is 0 Å². The Hall–Kier alpha value is -1.01. The lowest BCUT2D eigenvalue weighted by molar-refractivity contribution is -0.147. The van der Waals surface area contributed by atoms with Crippen molar-refractivity contribution >= 4 is 5.97 Å². The Morgan fingerprint density at radius 1 is 1.40 bits per heavy atom. The molecule has 0 amide bonds. The highest BCUT2D eigenvalue weighted by atomic mass is 16.4. The molecule has 84 valence electrons. The average Bonchev–Trinajstić information content (AvgIpc) is 2.16. The number of hydrogen-bond acceptors (Lipinski definition) is 2. The largest absolute Gasteiger partial charge is 0.480 e.